The summed E-state index contributed by atoms with van der Waals surface area (Å²) in [6.07, 6.45) is 0. The predicted molar refractivity (Wildman–Crippen MR) is 57.9 cm³/mol. The molecule has 76 valence electrons. The lowest BCUT2D eigenvalue weighted by molar-refractivity contribution is 0.0692. The van der Waals surface area contributed by atoms with Crippen LogP contribution < -0.4 is 5.73 Å². The highest BCUT2D eigenvalue weighted by molar-refractivity contribution is 6.05. The number of nitrogens with zero attached hydrogens (tertiary/aromatic N) is 1. The molecule has 0 saturated heterocycles. The molecule has 0 bridgehead atoms. The first-order chi connectivity index (χ1) is 7.09. The monoisotopic (exact) mass is 202 g/mol. The normalized spacial score (nSPS) is 10.5. The summed E-state index contributed by atoms with van der Waals surface area (Å²) in [7, 11) is 0. The zero-order valence-corrected chi connectivity index (χ0v) is 8.19. The van der Waals surface area contributed by atoms with Crippen LogP contribution in [0.1, 0.15) is 16.2 Å². The highest BCUT2D eigenvalue weighted by atomic mass is 16.4. The van der Waals surface area contributed by atoms with Gasteiger partial charge in [0.2, 0.25) is 0 Å². The Labute approximate surface area is 86.4 Å². The number of aromatic nitrogens is 1. The van der Waals surface area contributed by atoms with Gasteiger partial charge < -0.3 is 10.8 Å². The average molecular weight is 202 g/mol. The molecule has 15 heavy (non-hydrogen) atoms. The Kier molecular flexibility index (Phi) is 2.04. The molecular formula is C11H10N2O2. The second-order valence-corrected chi connectivity index (χ2v) is 3.36. The van der Waals surface area contributed by atoms with Crippen molar-refractivity contribution in [1.29, 1.82) is 0 Å². The van der Waals surface area contributed by atoms with Crippen molar-refractivity contribution in [3.8, 4) is 0 Å². The molecule has 0 amide bonds. The van der Waals surface area contributed by atoms with Gasteiger partial charge in [0, 0.05) is 22.2 Å². The molecule has 0 fully saturated rings. The van der Waals surface area contributed by atoms with E-state index in [1.165, 1.54) is 0 Å². The van der Waals surface area contributed by atoms with Gasteiger partial charge in [0.15, 0.2) is 5.69 Å². The third-order valence-corrected chi connectivity index (χ3v) is 2.24. The van der Waals surface area contributed by atoms with E-state index in [-0.39, 0.29) is 5.69 Å². The third kappa shape index (κ3) is 1.50. The topological polar surface area (TPSA) is 76.2 Å². The SMILES string of the molecule is Cc1cc2c(N)cccc2c(C(=O)O)n1. The van der Waals surface area contributed by atoms with Crippen molar-refractivity contribution < 1.29 is 9.90 Å². The van der Waals surface area contributed by atoms with E-state index in [0.29, 0.717) is 16.8 Å². The fourth-order valence-corrected chi connectivity index (χ4v) is 1.59. The molecule has 0 aliphatic heterocycles. The van der Waals surface area contributed by atoms with Crippen molar-refractivity contribution in [3.05, 3.63) is 35.7 Å². The van der Waals surface area contributed by atoms with Gasteiger partial charge in [-0.2, -0.15) is 0 Å². The standard InChI is InChI=1S/C11H10N2O2/c1-6-5-8-7(3-2-4-9(8)12)10(13-6)11(14)15/h2-5H,12H2,1H3,(H,14,15). The molecule has 0 aliphatic carbocycles. The minimum atomic E-state index is -1.03. The molecule has 3 N–H and O–H groups in total. The Balaban J connectivity index is 2.92. The van der Waals surface area contributed by atoms with Crippen LogP contribution in [0.2, 0.25) is 0 Å². The van der Waals surface area contributed by atoms with Crippen LogP contribution in [0.15, 0.2) is 24.3 Å². The molecule has 1 heterocycles. The quantitative estimate of drug-likeness (QED) is 0.691. The smallest absolute Gasteiger partial charge is 0.355 e. The molecular weight excluding hydrogens is 192 g/mol. The first kappa shape index (κ1) is 9.45. The van der Waals surface area contributed by atoms with Crippen molar-refractivity contribution in [2.75, 3.05) is 5.73 Å². The van der Waals surface area contributed by atoms with E-state index < -0.39 is 5.97 Å². The van der Waals surface area contributed by atoms with Crippen molar-refractivity contribution in [2.24, 2.45) is 0 Å². The van der Waals surface area contributed by atoms with Gasteiger partial charge in [-0.05, 0) is 19.1 Å². The van der Waals surface area contributed by atoms with Gasteiger partial charge in [0.1, 0.15) is 0 Å². The molecule has 0 spiro atoms. The maximum atomic E-state index is 11.0. The Morgan fingerprint density at radius 3 is 2.80 bits per heavy atom. The van der Waals surface area contributed by atoms with Gasteiger partial charge in [-0.25, -0.2) is 9.78 Å². The maximum absolute atomic E-state index is 11.0. The summed E-state index contributed by atoms with van der Waals surface area (Å²) in [5.74, 6) is -1.03. The molecule has 0 saturated carbocycles. The fraction of sp³-hybridized carbons (Fsp3) is 0.0909. The molecule has 1 aromatic heterocycles. The highest BCUT2D eigenvalue weighted by Crippen LogP contribution is 2.23. The number of carboxylic acid groups (broad SMARTS) is 1. The Morgan fingerprint density at radius 2 is 2.13 bits per heavy atom. The molecule has 0 radical (unpaired) electrons. The number of anilines is 1. The van der Waals surface area contributed by atoms with Crippen molar-refractivity contribution in [1.82, 2.24) is 4.98 Å². The summed E-state index contributed by atoms with van der Waals surface area (Å²) < 4.78 is 0. The van der Waals surface area contributed by atoms with Crippen molar-refractivity contribution in [2.45, 2.75) is 6.92 Å². The third-order valence-electron chi connectivity index (χ3n) is 2.24. The number of nitrogen functional groups attached to an aromatic ring is 1. The lowest BCUT2D eigenvalue weighted by Gasteiger charge is -2.05. The minimum absolute atomic E-state index is 0.0531. The summed E-state index contributed by atoms with van der Waals surface area (Å²) in [4.78, 5) is 15.0. The summed E-state index contributed by atoms with van der Waals surface area (Å²) in [6, 6.07) is 6.97. The number of rotatable bonds is 1. The minimum Gasteiger partial charge on any atom is -0.476 e. The second kappa shape index (κ2) is 3.24. The van der Waals surface area contributed by atoms with Crippen LogP contribution in [0.25, 0.3) is 10.8 Å². The van der Waals surface area contributed by atoms with Crippen LogP contribution in [0.4, 0.5) is 5.69 Å². The van der Waals surface area contributed by atoms with E-state index in [1.54, 1.807) is 31.2 Å². The first-order valence-corrected chi connectivity index (χ1v) is 4.48. The van der Waals surface area contributed by atoms with E-state index in [9.17, 15) is 4.79 Å². The number of nitrogens with two attached hydrogens (primary N) is 1. The van der Waals surface area contributed by atoms with Gasteiger partial charge in [-0.3, -0.25) is 0 Å². The number of aryl methyl sites for hydroxylation is 1. The molecule has 4 nitrogen and oxygen atoms in total. The second-order valence-electron chi connectivity index (χ2n) is 3.36. The zero-order chi connectivity index (χ0) is 11.0. The van der Waals surface area contributed by atoms with Crippen LogP contribution in [0.3, 0.4) is 0 Å². The Bertz CT molecular complexity index is 550. The van der Waals surface area contributed by atoms with Crippen molar-refractivity contribution in [3.63, 3.8) is 0 Å². The summed E-state index contributed by atoms with van der Waals surface area (Å²) in [5, 5.41) is 10.3. The molecule has 1 aromatic carbocycles. The van der Waals surface area contributed by atoms with E-state index in [4.69, 9.17) is 10.8 Å². The molecule has 0 aliphatic rings. The summed E-state index contributed by atoms with van der Waals surface area (Å²) in [5.41, 5.74) is 7.05. The zero-order valence-electron chi connectivity index (χ0n) is 8.19. The number of fused-ring (bicyclic) bond motifs is 1. The van der Waals surface area contributed by atoms with Crippen LogP contribution in [0, 0.1) is 6.92 Å². The van der Waals surface area contributed by atoms with Gasteiger partial charge in [0.25, 0.3) is 0 Å². The van der Waals surface area contributed by atoms with E-state index in [1.807, 2.05) is 0 Å². The Hall–Kier alpha value is -2.10. The first-order valence-electron chi connectivity index (χ1n) is 4.48. The number of pyridine rings is 1. The van der Waals surface area contributed by atoms with Gasteiger partial charge in [-0.1, -0.05) is 12.1 Å². The van der Waals surface area contributed by atoms with E-state index in [2.05, 4.69) is 4.98 Å². The molecule has 2 rings (SSSR count). The number of hydrogen-bond acceptors (Lipinski definition) is 3. The largest absolute Gasteiger partial charge is 0.476 e. The van der Waals surface area contributed by atoms with Crippen LogP contribution in [0.5, 0.6) is 0 Å². The maximum Gasteiger partial charge on any atom is 0.355 e. The molecule has 4 heteroatoms. The van der Waals surface area contributed by atoms with Gasteiger partial charge in [0.05, 0.1) is 0 Å². The number of aromatic carboxylic acids is 1. The molecule has 2 aromatic rings. The number of hydrogen-bond donors (Lipinski definition) is 2. The van der Waals surface area contributed by atoms with Gasteiger partial charge >= 0.3 is 5.97 Å². The van der Waals surface area contributed by atoms with Crippen LogP contribution >= 0.6 is 0 Å². The lowest BCUT2D eigenvalue weighted by Crippen LogP contribution is -2.03. The number of carbonyl (C=O) groups is 1. The van der Waals surface area contributed by atoms with E-state index >= 15 is 0 Å². The van der Waals surface area contributed by atoms with Crippen LogP contribution in [-0.4, -0.2) is 16.1 Å². The Morgan fingerprint density at radius 1 is 1.40 bits per heavy atom. The van der Waals surface area contributed by atoms with Crippen LogP contribution in [-0.2, 0) is 0 Å². The van der Waals surface area contributed by atoms with Gasteiger partial charge in [-0.15, -0.1) is 0 Å². The lowest BCUT2D eigenvalue weighted by atomic mass is 10.1. The summed E-state index contributed by atoms with van der Waals surface area (Å²) >= 11 is 0. The highest BCUT2D eigenvalue weighted by Gasteiger charge is 2.11. The predicted octanol–water partition coefficient (Wildman–Crippen LogP) is 1.82. The molecule has 0 atom stereocenters. The van der Waals surface area contributed by atoms with E-state index in [0.717, 1.165) is 5.39 Å². The fourth-order valence-electron chi connectivity index (χ4n) is 1.59. The van der Waals surface area contributed by atoms with Crippen molar-refractivity contribution >= 4 is 22.4 Å². The number of benzene rings is 1. The summed E-state index contributed by atoms with van der Waals surface area (Å²) in [6.45, 7) is 1.75. The number of carboxylic acids is 1. The molecule has 0 unspecified atom stereocenters. The average Bonchev–Trinajstić information content (AvgIpc) is 2.18.